The number of fused-ring (bicyclic) bond motifs is 1. The Labute approximate surface area is 170 Å². The molecule has 0 unspecified atom stereocenters. The molecule has 3 aromatic carbocycles. The van der Waals surface area contributed by atoms with Crippen LogP contribution in [0.1, 0.15) is 32.0 Å². The molecule has 0 atom stereocenters. The summed E-state index contributed by atoms with van der Waals surface area (Å²) in [6.07, 6.45) is 0.681. The van der Waals surface area contributed by atoms with Gasteiger partial charge in [0.1, 0.15) is 5.69 Å². The lowest BCUT2D eigenvalue weighted by molar-refractivity contribution is 0.103. The van der Waals surface area contributed by atoms with Gasteiger partial charge in [-0.3, -0.25) is 9.59 Å². The van der Waals surface area contributed by atoms with E-state index in [1.807, 2.05) is 24.3 Å². The van der Waals surface area contributed by atoms with Crippen molar-refractivity contribution in [3.05, 3.63) is 83.0 Å². The molecule has 0 radical (unpaired) electrons. The van der Waals surface area contributed by atoms with E-state index in [4.69, 9.17) is 0 Å². The zero-order valence-electron chi connectivity index (χ0n) is 15.4. The number of hydrogen-bond donors (Lipinski definition) is 1. The van der Waals surface area contributed by atoms with Gasteiger partial charge in [0.05, 0.1) is 16.8 Å². The van der Waals surface area contributed by atoms with Crippen LogP contribution in [0.4, 0.5) is 10.7 Å². The average Bonchev–Trinajstić information content (AvgIpc) is 3.12. The largest absolute Gasteiger partial charge is 0.505 e. The molecule has 0 aliphatic heterocycles. The van der Waals surface area contributed by atoms with E-state index in [1.165, 1.54) is 0 Å². The number of carbonyl (C=O) groups is 2. The van der Waals surface area contributed by atoms with E-state index in [9.17, 15) is 14.7 Å². The molecule has 6 nitrogen and oxygen atoms in total. The number of aryl methyl sites for hydroxylation is 1. The summed E-state index contributed by atoms with van der Waals surface area (Å²) in [7, 11) is 0. The first kappa shape index (κ1) is 18.6. The number of aromatic hydroxyl groups is 1. The Bertz CT molecular complexity index is 1260. The molecule has 1 aromatic heterocycles. The summed E-state index contributed by atoms with van der Waals surface area (Å²) in [4.78, 5) is 24.2. The maximum absolute atomic E-state index is 13.0. The van der Waals surface area contributed by atoms with Crippen LogP contribution in [-0.4, -0.2) is 21.5 Å². The molecule has 142 valence electrons. The second-order valence-corrected chi connectivity index (χ2v) is 7.09. The van der Waals surface area contributed by atoms with E-state index in [0.29, 0.717) is 33.5 Å². The molecule has 29 heavy (non-hydrogen) atoms. The van der Waals surface area contributed by atoms with Crippen molar-refractivity contribution in [2.24, 2.45) is 10.2 Å². The number of nitrogens with zero attached hydrogens (tertiary/aromatic N) is 3. The SMILES string of the molecule is Cc1nsc(/N=N/c2c(O)c(C(=O)c3ccccc3)cc3ccccc23)c1C=O. The Balaban J connectivity index is 1.88. The summed E-state index contributed by atoms with van der Waals surface area (Å²) in [6.45, 7) is 1.71. The van der Waals surface area contributed by atoms with Crippen LogP contribution in [-0.2, 0) is 0 Å². The average molecular weight is 401 g/mol. The summed E-state index contributed by atoms with van der Waals surface area (Å²) in [5.74, 6) is -0.567. The van der Waals surface area contributed by atoms with Gasteiger partial charge in [-0.05, 0) is 29.9 Å². The van der Waals surface area contributed by atoms with Crippen LogP contribution in [0.2, 0.25) is 0 Å². The Morgan fingerprint density at radius 1 is 1.07 bits per heavy atom. The van der Waals surface area contributed by atoms with Crippen LogP contribution < -0.4 is 0 Å². The molecule has 0 saturated heterocycles. The lowest BCUT2D eigenvalue weighted by Gasteiger charge is -2.10. The van der Waals surface area contributed by atoms with Crippen molar-refractivity contribution in [2.45, 2.75) is 6.92 Å². The molecule has 4 rings (SSSR count). The van der Waals surface area contributed by atoms with Gasteiger partial charge in [0.25, 0.3) is 0 Å². The predicted octanol–water partition coefficient (Wildman–Crippen LogP) is 5.77. The molecule has 1 heterocycles. The molecule has 0 bridgehead atoms. The number of hydrogen-bond acceptors (Lipinski definition) is 7. The smallest absolute Gasteiger partial charge is 0.196 e. The van der Waals surface area contributed by atoms with Crippen molar-refractivity contribution in [3.8, 4) is 5.75 Å². The standard InChI is InChI=1S/C22H15N3O3S/c1-13-18(12-26)22(29-25-13)24-23-19-16-10-6-5-9-15(16)11-17(21(19)28)20(27)14-7-3-2-4-8-14/h2-12,28H,1H3/b24-23+. The summed E-state index contributed by atoms with van der Waals surface area (Å²) in [6, 6.07) is 17.6. The van der Waals surface area contributed by atoms with Gasteiger partial charge in [-0.25, -0.2) is 0 Å². The highest BCUT2D eigenvalue weighted by Gasteiger charge is 2.19. The highest BCUT2D eigenvalue weighted by Crippen LogP contribution is 2.40. The normalized spacial score (nSPS) is 11.2. The van der Waals surface area contributed by atoms with Crippen molar-refractivity contribution in [1.29, 1.82) is 0 Å². The van der Waals surface area contributed by atoms with Crippen LogP contribution >= 0.6 is 11.5 Å². The summed E-state index contributed by atoms with van der Waals surface area (Å²) >= 11 is 1.05. The van der Waals surface area contributed by atoms with Gasteiger partial charge in [0, 0.05) is 10.9 Å². The van der Waals surface area contributed by atoms with Crippen molar-refractivity contribution < 1.29 is 14.7 Å². The third kappa shape index (κ3) is 3.43. The number of ketones is 1. The predicted molar refractivity (Wildman–Crippen MR) is 112 cm³/mol. The number of carbonyl (C=O) groups excluding carboxylic acids is 2. The molecule has 0 amide bonds. The van der Waals surface area contributed by atoms with E-state index in [0.717, 1.165) is 16.9 Å². The monoisotopic (exact) mass is 401 g/mol. The first-order valence-electron chi connectivity index (χ1n) is 8.78. The van der Waals surface area contributed by atoms with Crippen molar-refractivity contribution in [3.63, 3.8) is 0 Å². The number of phenolic OH excluding ortho intramolecular Hbond substituents is 1. The summed E-state index contributed by atoms with van der Waals surface area (Å²) in [5, 5.41) is 20.9. The Morgan fingerprint density at radius 2 is 1.79 bits per heavy atom. The van der Waals surface area contributed by atoms with Gasteiger partial charge in [-0.2, -0.15) is 4.37 Å². The van der Waals surface area contributed by atoms with Crippen LogP contribution in [0.5, 0.6) is 5.75 Å². The second-order valence-electron chi connectivity index (χ2n) is 6.34. The fourth-order valence-electron chi connectivity index (χ4n) is 3.00. The summed E-state index contributed by atoms with van der Waals surface area (Å²) in [5.41, 5.74) is 1.70. The number of benzene rings is 3. The van der Waals surface area contributed by atoms with Gasteiger partial charge in [-0.1, -0.05) is 54.6 Å². The van der Waals surface area contributed by atoms with Gasteiger partial charge in [-0.15, -0.1) is 10.2 Å². The van der Waals surface area contributed by atoms with Gasteiger partial charge in [0.2, 0.25) is 0 Å². The number of azo groups is 1. The Morgan fingerprint density at radius 3 is 2.55 bits per heavy atom. The lowest BCUT2D eigenvalue weighted by atomic mass is 9.97. The third-order valence-corrected chi connectivity index (χ3v) is 5.36. The number of aldehydes is 1. The molecule has 0 spiro atoms. The Kier molecular flexibility index (Phi) is 4.97. The van der Waals surface area contributed by atoms with E-state index < -0.39 is 0 Å². The lowest BCUT2D eigenvalue weighted by Crippen LogP contribution is -2.01. The van der Waals surface area contributed by atoms with E-state index >= 15 is 0 Å². The quantitative estimate of drug-likeness (QED) is 0.261. The van der Waals surface area contributed by atoms with Crippen LogP contribution in [0.3, 0.4) is 0 Å². The zero-order valence-corrected chi connectivity index (χ0v) is 16.2. The van der Waals surface area contributed by atoms with Gasteiger partial charge in [0.15, 0.2) is 22.8 Å². The summed E-state index contributed by atoms with van der Waals surface area (Å²) < 4.78 is 4.11. The minimum absolute atomic E-state index is 0.139. The van der Waals surface area contributed by atoms with Crippen LogP contribution in [0, 0.1) is 6.92 Å². The van der Waals surface area contributed by atoms with Crippen LogP contribution in [0.15, 0.2) is 70.9 Å². The molecule has 1 N–H and O–H groups in total. The Hall–Kier alpha value is -3.71. The molecular weight excluding hydrogens is 386 g/mol. The second kappa shape index (κ2) is 7.73. The first-order chi connectivity index (χ1) is 14.1. The number of aromatic nitrogens is 1. The van der Waals surface area contributed by atoms with Crippen molar-refractivity contribution in [2.75, 3.05) is 0 Å². The highest BCUT2D eigenvalue weighted by atomic mass is 32.1. The minimum atomic E-state index is -0.312. The fourth-order valence-corrected chi connectivity index (χ4v) is 3.70. The van der Waals surface area contributed by atoms with E-state index in [1.54, 1.807) is 43.3 Å². The fraction of sp³-hybridized carbons (Fsp3) is 0.0455. The molecule has 4 aromatic rings. The third-order valence-electron chi connectivity index (χ3n) is 4.52. The molecule has 0 aliphatic carbocycles. The minimum Gasteiger partial charge on any atom is -0.505 e. The molecule has 7 heteroatoms. The number of phenols is 1. The first-order valence-corrected chi connectivity index (χ1v) is 9.55. The van der Waals surface area contributed by atoms with Crippen molar-refractivity contribution >= 4 is 45.1 Å². The molecule has 0 aliphatic rings. The van der Waals surface area contributed by atoms with E-state index in [-0.39, 0.29) is 22.8 Å². The molecular formula is C22H15N3O3S. The maximum Gasteiger partial charge on any atom is 0.196 e. The van der Waals surface area contributed by atoms with Gasteiger partial charge < -0.3 is 5.11 Å². The van der Waals surface area contributed by atoms with Crippen LogP contribution in [0.25, 0.3) is 10.8 Å². The zero-order chi connectivity index (χ0) is 20.4. The molecule has 0 saturated carbocycles. The van der Waals surface area contributed by atoms with Crippen molar-refractivity contribution in [1.82, 2.24) is 4.37 Å². The van der Waals surface area contributed by atoms with Gasteiger partial charge >= 0.3 is 0 Å². The number of rotatable bonds is 5. The molecule has 0 fully saturated rings. The topological polar surface area (TPSA) is 92.0 Å². The maximum atomic E-state index is 13.0. The van der Waals surface area contributed by atoms with E-state index in [2.05, 4.69) is 14.6 Å². The highest BCUT2D eigenvalue weighted by molar-refractivity contribution is 7.10.